The van der Waals surface area contributed by atoms with Gasteiger partial charge in [0.25, 0.3) is 5.91 Å². The number of para-hydroxylation sites is 1. The molecule has 4 rings (SSSR count). The van der Waals surface area contributed by atoms with Crippen molar-refractivity contribution in [2.75, 3.05) is 14.2 Å². The fraction of sp³-hybridized carbons (Fsp3) is 0.240. The lowest BCUT2D eigenvalue weighted by atomic mass is 9.89. The SMILES string of the molecule is COc1ccc([C@@H]2[C@H](Oc3ccccc3C)C(=O)N2Cc2ccc(F)cc2)cc1OC. The number of nitrogens with zero attached hydrogens (tertiary/aromatic N) is 1. The molecule has 160 valence electrons. The topological polar surface area (TPSA) is 48.0 Å². The maximum Gasteiger partial charge on any atom is 0.267 e. The van der Waals surface area contributed by atoms with Gasteiger partial charge in [0.15, 0.2) is 11.5 Å². The first-order chi connectivity index (χ1) is 15.0. The van der Waals surface area contributed by atoms with E-state index in [2.05, 4.69) is 0 Å². The van der Waals surface area contributed by atoms with Crippen molar-refractivity contribution in [3.05, 3.63) is 89.2 Å². The fourth-order valence-corrected chi connectivity index (χ4v) is 3.81. The number of ether oxygens (including phenoxy) is 3. The summed E-state index contributed by atoms with van der Waals surface area (Å²) < 4.78 is 30.3. The third-order valence-corrected chi connectivity index (χ3v) is 5.51. The molecule has 0 N–H and O–H groups in total. The summed E-state index contributed by atoms with van der Waals surface area (Å²) in [4.78, 5) is 14.8. The Bertz CT molecular complexity index is 1080. The van der Waals surface area contributed by atoms with Gasteiger partial charge in [0.05, 0.1) is 14.2 Å². The summed E-state index contributed by atoms with van der Waals surface area (Å²) in [6, 6.07) is 19.0. The van der Waals surface area contributed by atoms with Gasteiger partial charge < -0.3 is 19.1 Å². The number of halogens is 1. The Morgan fingerprint density at radius 3 is 2.29 bits per heavy atom. The lowest BCUT2D eigenvalue weighted by molar-refractivity contribution is -0.165. The maximum absolute atomic E-state index is 13.3. The van der Waals surface area contributed by atoms with Crippen LogP contribution in [0, 0.1) is 12.7 Å². The van der Waals surface area contributed by atoms with E-state index in [1.807, 2.05) is 49.4 Å². The Morgan fingerprint density at radius 2 is 1.61 bits per heavy atom. The van der Waals surface area contributed by atoms with E-state index >= 15 is 0 Å². The standard InChI is InChI=1S/C25H24FNO4/c1-16-6-4-5-7-20(16)31-24-23(18-10-13-21(29-2)22(14-18)30-3)27(25(24)28)15-17-8-11-19(26)12-9-17/h4-14,23-24H,15H2,1-3H3/t23-,24+/m1/s1. The van der Waals surface area contributed by atoms with Crippen molar-refractivity contribution in [2.45, 2.75) is 25.6 Å². The first kappa shape index (κ1) is 20.7. The van der Waals surface area contributed by atoms with Crippen LogP contribution in [0.4, 0.5) is 4.39 Å². The summed E-state index contributed by atoms with van der Waals surface area (Å²) in [5.41, 5.74) is 2.67. The maximum atomic E-state index is 13.3. The highest BCUT2D eigenvalue weighted by Crippen LogP contribution is 2.42. The van der Waals surface area contributed by atoms with Crippen LogP contribution in [0.2, 0.25) is 0 Å². The van der Waals surface area contributed by atoms with E-state index in [0.29, 0.717) is 23.8 Å². The third kappa shape index (κ3) is 4.06. The number of carbonyl (C=O) groups excluding carboxylic acids is 1. The average Bonchev–Trinajstić information content (AvgIpc) is 2.79. The molecule has 1 saturated heterocycles. The number of hydrogen-bond acceptors (Lipinski definition) is 4. The van der Waals surface area contributed by atoms with Crippen molar-refractivity contribution < 1.29 is 23.4 Å². The van der Waals surface area contributed by atoms with Crippen molar-refractivity contribution in [2.24, 2.45) is 0 Å². The lowest BCUT2D eigenvalue weighted by Gasteiger charge is -2.47. The summed E-state index contributed by atoms with van der Waals surface area (Å²) in [5, 5.41) is 0. The molecule has 1 aliphatic heterocycles. The Morgan fingerprint density at radius 1 is 0.903 bits per heavy atom. The number of likely N-dealkylation sites (tertiary alicyclic amines) is 1. The Labute approximate surface area is 181 Å². The second kappa shape index (κ2) is 8.68. The predicted octanol–water partition coefficient (Wildman–Crippen LogP) is 4.68. The van der Waals surface area contributed by atoms with E-state index in [9.17, 15) is 9.18 Å². The normalized spacial score (nSPS) is 17.8. The highest BCUT2D eigenvalue weighted by atomic mass is 19.1. The van der Waals surface area contributed by atoms with Gasteiger partial charge in [0.1, 0.15) is 17.6 Å². The molecule has 0 unspecified atom stereocenters. The molecular formula is C25H24FNO4. The van der Waals surface area contributed by atoms with Gasteiger partial charge in [-0.25, -0.2) is 4.39 Å². The van der Waals surface area contributed by atoms with Crippen molar-refractivity contribution in [1.29, 1.82) is 0 Å². The monoisotopic (exact) mass is 421 g/mol. The van der Waals surface area contributed by atoms with Crippen LogP contribution in [0.25, 0.3) is 0 Å². The molecule has 0 aliphatic carbocycles. The van der Waals surface area contributed by atoms with Crippen molar-refractivity contribution in [3.8, 4) is 17.2 Å². The molecule has 2 atom stereocenters. The lowest BCUT2D eigenvalue weighted by Crippen LogP contribution is -2.60. The molecule has 0 radical (unpaired) electrons. The smallest absolute Gasteiger partial charge is 0.267 e. The van der Waals surface area contributed by atoms with Crippen molar-refractivity contribution >= 4 is 5.91 Å². The molecule has 31 heavy (non-hydrogen) atoms. The van der Waals surface area contributed by atoms with Crippen LogP contribution in [0.5, 0.6) is 17.2 Å². The molecule has 5 nitrogen and oxygen atoms in total. The number of methoxy groups -OCH3 is 2. The summed E-state index contributed by atoms with van der Waals surface area (Å²) in [7, 11) is 3.15. The largest absolute Gasteiger partial charge is 0.493 e. The minimum atomic E-state index is -0.667. The van der Waals surface area contributed by atoms with Crippen molar-refractivity contribution in [3.63, 3.8) is 0 Å². The quantitative estimate of drug-likeness (QED) is 0.520. The van der Waals surface area contributed by atoms with Crippen LogP contribution in [0.1, 0.15) is 22.7 Å². The summed E-state index contributed by atoms with van der Waals surface area (Å²) in [6.45, 7) is 2.30. The van der Waals surface area contributed by atoms with E-state index in [1.165, 1.54) is 12.1 Å². The molecule has 3 aromatic carbocycles. The first-order valence-corrected chi connectivity index (χ1v) is 10.0. The minimum Gasteiger partial charge on any atom is -0.493 e. The van der Waals surface area contributed by atoms with E-state index in [4.69, 9.17) is 14.2 Å². The molecule has 6 heteroatoms. The fourth-order valence-electron chi connectivity index (χ4n) is 3.81. The van der Waals surface area contributed by atoms with E-state index in [0.717, 1.165) is 16.7 Å². The number of carbonyl (C=O) groups is 1. The second-order valence-electron chi connectivity index (χ2n) is 7.46. The Kier molecular flexibility index (Phi) is 5.80. The van der Waals surface area contributed by atoms with Crippen LogP contribution in [-0.2, 0) is 11.3 Å². The van der Waals surface area contributed by atoms with Crippen LogP contribution >= 0.6 is 0 Å². The zero-order valence-corrected chi connectivity index (χ0v) is 17.7. The van der Waals surface area contributed by atoms with Gasteiger partial charge in [-0.3, -0.25) is 4.79 Å². The van der Waals surface area contributed by atoms with Gasteiger partial charge in [-0.2, -0.15) is 0 Å². The number of aryl methyl sites for hydroxylation is 1. The number of benzene rings is 3. The number of β-lactam (4-membered cyclic amide) rings is 1. The number of rotatable bonds is 7. The van der Waals surface area contributed by atoms with E-state index < -0.39 is 6.10 Å². The second-order valence-corrected chi connectivity index (χ2v) is 7.46. The molecular weight excluding hydrogens is 397 g/mol. The molecule has 0 spiro atoms. The Hall–Kier alpha value is -3.54. The average molecular weight is 421 g/mol. The van der Waals surface area contributed by atoms with E-state index in [1.54, 1.807) is 31.3 Å². The van der Waals surface area contributed by atoms with Crippen LogP contribution in [-0.4, -0.2) is 31.1 Å². The van der Waals surface area contributed by atoms with Gasteiger partial charge in [-0.15, -0.1) is 0 Å². The molecule has 1 amide bonds. The van der Waals surface area contributed by atoms with Crippen LogP contribution in [0.15, 0.2) is 66.7 Å². The molecule has 1 aliphatic rings. The third-order valence-electron chi connectivity index (χ3n) is 5.51. The molecule has 3 aromatic rings. The van der Waals surface area contributed by atoms with E-state index in [-0.39, 0.29) is 17.8 Å². The summed E-state index contributed by atoms with van der Waals surface area (Å²) >= 11 is 0. The molecule has 0 saturated carbocycles. The zero-order valence-electron chi connectivity index (χ0n) is 17.7. The predicted molar refractivity (Wildman–Crippen MR) is 115 cm³/mol. The Balaban J connectivity index is 1.67. The molecule has 1 heterocycles. The van der Waals surface area contributed by atoms with Gasteiger partial charge in [0.2, 0.25) is 6.10 Å². The van der Waals surface area contributed by atoms with Crippen molar-refractivity contribution in [1.82, 2.24) is 4.90 Å². The van der Waals surface area contributed by atoms with Crippen LogP contribution in [0.3, 0.4) is 0 Å². The van der Waals surface area contributed by atoms with Gasteiger partial charge in [0, 0.05) is 6.54 Å². The first-order valence-electron chi connectivity index (χ1n) is 10.0. The number of amides is 1. The van der Waals surface area contributed by atoms with Gasteiger partial charge in [-0.1, -0.05) is 36.4 Å². The van der Waals surface area contributed by atoms with Crippen LogP contribution < -0.4 is 14.2 Å². The van der Waals surface area contributed by atoms with Gasteiger partial charge >= 0.3 is 0 Å². The minimum absolute atomic E-state index is 0.118. The summed E-state index contributed by atoms with van der Waals surface area (Å²) in [6.07, 6.45) is -0.667. The molecule has 0 bridgehead atoms. The molecule has 0 aromatic heterocycles. The zero-order chi connectivity index (χ0) is 22.0. The summed E-state index contributed by atoms with van der Waals surface area (Å²) in [5.74, 6) is 1.44. The molecule has 1 fully saturated rings. The highest BCUT2D eigenvalue weighted by Gasteiger charge is 2.50. The van der Waals surface area contributed by atoms with Gasteiger partial charge in [-0.05, 0) is 53.9 Å². The highest BCUT2D eigenvalue weighted by molar-refractivity contribution is 5.89. The number of hydrogen-bond donors (Lipinski definition) is 0.